The van der Waals surface area contributed by atoms with Crippen LogP contribution in [0.4, 0.5) is 0 Å². The first-order valence-corrected chi connectivity index (χ1v) is 8.05. The first-order valence-electron chi connectivity index (χ1n) is 8.05. The van der Waals surface area contributed by atoms with Crippen molar-refractivity contribution in [2.75, 3.05) is 39.5 Å². The van der Waals surface area contributed by atoms with Gasteiger partial charge in [-0.25, -0.2) is 0 Å². The smallest absolute Gasteiger partial charge is 0.0750 e. The Bertz CT molecular complexity index is 263. The molecule has 2 unspecified atom stereocenters. The van der Waals surface area contributed by atoms with Gasteiger partial charge in [0.2, 0.25) is 0 Å². The fourth-order valence-corrected chi connectivity index (χ4v) is 3.11. The van der Waals surface area contributed by atoms with Crippen molar-refractivity contribution in [1.29, 1.82) is 0 Å². The molecule has 2 fully saturated rings. The predicted molar refractivity (Wildman–Crippen MR) is 82.0 cm³/mol. The van der Waals surface area contributed by atoms with Crippen LogP contribution in [0.5, 0.6) is 0 Å². The van der Waals surface area contributed by atoms with Crippen molar-refractivity contribution in [1.82, 2.24) is 10.6 Å². The van der Waals surface area contributed by atoms with E-state index in [9.17, 15) is 0 Å². The van der Waals surface area contributed by atoms with E-state index >= 15 is 0 Å². The molecule has 4 nitrogen and oxygen atoms in total. The quantitative estimate of drug-likeness (QED) is 0.808. The van der Waals surface area contributed by atoms with Gasteiger partial charge in [-0.3, -0.25) is 0 Å². The van der Waals surface area contributed by atoms with Crippen LogP contribution in [-0.2, 0) is 9.47 Å². The minimum absolute atomic E-state index is 0.222. The second-order valence-corrected chi connectivity index (χ2v) is 7.62. The minimum Gasteiger partial charge on any atom is -0.378 e. The predicted octanol–water partition coefficient (Wildman–Crippen LogP) is 1.80. The molecule has 0 aromatic heterocycles. The van der Waals surface area contributed by atoms with Crippen LogP contribution in [0.3, 0.4) is 0 Å². The van der Waals surface area contributed by atoms with Gasteiger partial charge in [0.05, 0.1) is 25.9 Å². The van der Waals surface area contributed by atoms with Gasteiger partial charge in [0.1, 0.15) is 0 Å². The van der Waals surface area contributed by atoms with Gasteiger partial charge >= 0.3 is 0 Å². The molecule has 0 bridgehead atoms. The standard InChI is InChI=1S/C16H32N2O2/c1-15(2,13-12-19-9-8-18-13)5-6-16(3,4)14-11-17-7-10-20-14/h13-14,17-18H,5-12H2,1-4H3. The van der Waals surface area contributed by atoms with E-state index in [4.69, 9.17) is 9.47 Å². The van der Waals surface area contributed by atoms with Crippen molar-refractivity contribution in [3.63, 3.8) is 0 Å². The summed E-state index contributed by atoms with van der Waals surface area (Å²) in [7, 11) is 0. The molecule has 4 heteroatoms. The number of ether oxygens (including phenoxy) is 2. The van der Waals surface area contributed by atoms with Crippen molar-refractivity contribution in [2.24, 2.45) is 10.8 Å². The van der Waals surface area contributed by atoms with Crippen LogP contribution in [0, 0.1) is 10.8 Å². The highest BCUT2D eigenvalue weighted by molar-refractivity contribution is 4.90. The fourth-order valence-electron chi connectivity index (χ4n) is 3.11. The maximum atomic E-state index is 5.95. The Labute approximate surface area is 124 Å². The third-order valence-electron chi connectivity index (χ3n) is 5.08. The van der Waals surface area contributed by atoms with Gasteiger partial charge in [0.15, 0.2) is 0 Å². The third kappa shape index (κ3) is 4.17. The lowest BCUT2D eigenvalue weighted by atomic mass is 9.72. The van der Waals surface area contributed by atoms with Gasteiger partial charge in [0.25, 0.3) is 0 Å². The molecule has 2 rings (SSSR count). The summed E-state index contributed by atoms with van der Waals surface area (Å²) >= 11 is 0. The average molecular weight is 284 g/mol. The van der Waals surface area contributed by atoms with E-state index in [0.29, 0.717) is 12.1 Å². The minimum atomic E-state index is 0.222. The summed E-state index contributed by atoms with van der Waals surface area (Å²) in [5.74, 6) is 0. The summed E-state index contributed by atoms with van der Waals surface area (Å²) in [4.78, 5) is 0. The van der Waals surface area contributed by atoms with Gasteiger partial charge in [-0.05, 0) is 23.7 Å². The van der Waals surface area contributed by atoms with E-state index in [1.54, 1.807) is 0 Å². The van der Waals surface area contributed by atoms with Gasteiger partial charge in [-0.2, -0.15) is 0 Å². The van der Waals surface area contributed by atoms with Crippen LogP contribution in [0.1, 0.15) is 40.5 Å². The molecule has 2 atom stereocenters. The van der Waals surface area contributed by atoms with Gasteiger partial charge in [0, 0.05) is 25.7 Å². The van der Waals surface area contributed by atoms with E-state index < -0.39 is 0 Å². The van der Waals surface area contributed by atoms with Crippen molar-refractivity contribution in [2.45, 2.75) is 52.7 Å². The number of morpholine rings is 2. The molecular weight excluding hydrogens is 252 g/mol. The lowest BCUT2D eigenvalue weighted by Crippen LogP contribution is -2.51. The summed E-state index contributed by atoms with van der Waals surface area (Å²) in [6.45, 7) is 14.9. The van der Waals surface area contributed by atoms with Crippen LogP contribution in [-0.4, -0.2) is 51.6 Å². The van der Waals surface area contributed by atoms with Gasteiger partial charge in [-0.15, -0.1) is 0 Å². The Balaban J connectivity index is 1.85. The van der Waals surface area contributed by atoms with Crippen LogP contribution >= 0.6 is 0 Å². The van der Waals surface area contributed by atoms with E-state index in [1.165, 1.54) is 12.8 Å². The van der Waals surface area contributed by atoms with Crippen molar-refractivity contribution < 1.29 is 9.47 Å². The fraction of sp³-hybridized carbons (Fsp3) is 1.00. The molecule has 2 N–H and O–H groups in total. The highest BCUT2D eigenvalue weighted by Crippen LogP contribution is 2.37. The third-order valence-corrected chi connectivity index (χ3v) is 5.08. The van der Waals surface area contributed by atoms with E-state index in [-0.39, 0.29) is 10.8 Å². The molecule has 2 heterocycles. The van der Waals surface area contributed by atoms with E-state index in [1.807, 2.05) is 0 Å². The van der Waals surface area contributed by atoms with Gasteiger partial charge in [-0.1, -0.05) is 27.7 Å². The molecule has 0 amide bonds. The average Bonchev–Trinajstić information content (AvgIpc) is 2.47. The Hall–Kier alpha value is -0.160. The maximum Gasteiger partial charge on any atom is 0.0750 e. The summed E-state index contributed by atoms with van der Waals surface area (Å²) in [6, 6.07) is 0.470. The second-order valence-electron chi connectivity index (χ2n) is 7.62. The number of nitrogens with one attached hydrogen (secondary N) is 2. The number of hydrogen-bond acceptors (Lipinski definition) is 4. The molecule has 0 aliphatic carbocycles. The monoisotopic (exact) mass is 284 g/mol. The van der Waals surface area contributed by atoms with Crippen molar-refractivity contribution >= 4 is 0 Å². The highest BCUT2D eigenvalue weighted by atomic mass is 16.5. The molecule has 2 saturated heterocycles. The molecule has 0 aromatic rings. The zero-order valence-corrected chi connectivity index (χ0v) is 13.6. The molecule has 0 saturated carbocycles. The van der Waals surface area contributed by atoms with Crippen LogP contribution < -0.4 is 10.6 Å². The Morgan fingerprint density at radius 2 is 1.75 bits per heavy atom. The van der Waals surface area contributed by atoms with E-state index in [0.717, 1.165) is 39.5 Å². The van der Waals surface area contributed by atoms with Gasteiger partial charge < -0.3 is 20.1 Å². The summed E-state index contributed by atoms with van der Waals surface area (Å²) < 4.78 is 11.6. The SMILES string of the molecule is CC(C)(CCC(C)(C)C1CNCCO1)C1COCCN1. The zero-order valence-electron chi connectivity index (χ0n) is 13.6. The van der Waals surface area contributed by atoms with Crippen LogP contribution in [0.2, 0.25) is 0 Å². The normalized spacial score (nSPS) is 29.4. The number of rotatable bonds is 5. The first-order chi connectivity index (χ1) is 9.42. The largest absolute Gasteiger partial charge is 0.378 e. The lowest BCUT2D eigenvalue weighted by Gasteiger charge is -2.42. The van der Waals surface area contributed by atoms with Crippen LogP contribution in [0.15, 0.2) is 0 Å². The topological polar surface area (TPSA) is 42.5 Å². The molecule has 0 radical (unpaired) electrons. The molecule has 0 aromatic carbocycles. The zero-order chi connectivity index (χ0) is 14.6. The first kappa shape index (κ1) is 16.2. The molecular formula is C16H32N2O2. The Morgan fingerprint density at radius 1 is 1.00 bits per heavy atom. The Kier molecular flexibility index (Phi) is 5.46. The highest BCUT2D eigenvalue weighted by Gasteiger charge is 2.36. The van der Waals surface area contributed by atoms with Crippen molar-refractivity contribution in [3.8, 4) is 0 Å². The molecule has 118 valence electrons. The summed E-state index contributed by atoms with van der Waals surface area (Å²) in [6.07, 6.45) is 2.72. The summed E-state index contributed by atoms with van der Waals surface area (Å²) in [5, 5.41) is 7.05. The molecule has 2 aliphatic heterocycles. The maximum absolute atomic E-state index is 5.95. The lowest BCUT2D eigenvalue weighted by molar-refractivity contribution is -0.0534. The molecule has 2 aliphatic rings. The van der Waals surface area contributed by atoms with Crippen LogP contribution in [0.25, 0.3) is 0 Å². The van der Waals surface area contributed by atoms with E-state index in [2.05, 4.69) is 38.3 Å². The summed E-state index contributed by atoms with van der Waals surface area (Å²) in [5.41, 5.74) is 0.486. The molecule has 20 heavy (non-hydrogen) atoms. The Morgan fingerprint density at radius 3 is 2.35 bits per heavy atom. The van der Waals surface area contributed by atoms with Crippen molar-refractivity contribution in [3.05, 3.63) is 0 Å². The second kappa shape index (κ2) is 6.73. The number of hydrogen-bond donors (Lipinski definition) is 2. The molecule has 0 spiro atoms.